The summed E-state index contributed by atoms with van der Waals surface area (Å²) in [7, 11) is 0. The Hall–Kier alpha value is -3.48. The normalized spacial score (nSPS) is 14.3. The van der Waals surface area contributed by atoms with Gasteiger partial charge in [-0.1, -0.05) is 17.7 Å². The molecular weight excluding hydrogens is 448 g/mol. The van der Waals surface area contributed by atoms with Crippen molar-refractivity contribution in [3.05, 3.63) is 93.6 Å². The zero-order chi connectivity index (χ0) is 23.3. The van der Waals surface area contributed by atoms with Gasteiger partial charge >= 0.3 is 0 Å². The van der Waals surface area contributed by atoms with Crippen LogP contribution < -0.4 is 10.3 Å². The first kappa shape index (κ1) is 22.3. The Morgan fingerprint density at radius 3 is 2.68 bits per heavy atom. The minimum absolute atomic E-state index is 0.111. The predicted octanol–water partition coefficient (Wildman–Crippen LogP) is 5.08. The van der Waals surface area contributed by atoms with E-state index in [-0.39, 0.29) is 5.56 Å². The molecule has 0 N–H and O–H groups in total. The first-order valence-electron chi connectivity index (χ1n) is 11.4. The first-order valence-corrected chi connectivity index (χ1v) is 11.8. The van der Waals surface area contributed by atoms with Crippen molar-refractivity contribution in [2.75, 3.05) is 26.2 Å². The number of fused-ring (bicyclic) bond motifs is 1. The molecular formula is C27H25ClN4O2. The minimum atomic E-state index is -0.111. The molecule has 5 rings (SSSR count). The molecule has 0 radical (unpaired) electrons. The average molecular weight is 473 g/mol. The zero-order valence-electron chi connectivity index (χ0n) is 18.7. The molecule has 34 heavy (non-hydrogen) atoms. The van der Waals surface area contributed by atoms with E-state index in [4.69, 9.17) is 16.3 Å². The van der Waals surface area contributed by atoms with Crippen LogP contribution >= 0.6 is 11.6 Å². The van der Waals surface area contributed by atoms with Gasteiger partial charge < -0.3 is 4.74 Å². The summed E-state index contributed by atoms with van der Waals surface area (Å²) in [5.74, 6) is 0.628. The predicted molar refractivity (Wildman–Crippen MR) is 137 cm³/mol. The van der Waals surface area contributed by atoms with Crippen LogP contribution in [0.25, 0.3) is 28.7 Å². The number of hydrogen-bond acceptors (Lipinski definition) is 5. The summed E-state index contributed by atoms with van der Waals surface area (Å²) in [5.41, 5.74) is 3.09. The molecule has 4 heterocycles. The summed E-state index contributed by atoms with van der Waals surface area (Å²) in [4.78, 5) is 24.0. The standard InChI is InChI=1S/C27H25ClN4O2/c28-22-5-7-23(29-19-22)6-3-20-11-14-32(27(33)17-20)24-8-9-25-21(18-24)4-10-26(30-25)34-16-15-31-12-1-2-13-31/h3-11,14,17-19H,1-2,12-13,15-16H2/b6-3+. The van der Waals surface area contributed by atoms with Gasteiger partial charge in [-0.2, -0.15) is 0 Å². The number of nitrogens with zero attached hydrogens (tertiary/aromatic N) is 4. The Balaban J connectivity index is 1.29. The molecule has 1 fully saturated rings. The van der Waals surface area contributed by atoms with Crippen LogP contribution in [0.1, 0.15) is 24.1 Å². The van der Waals surface area contributed by atoms with E-state index in [2.05, 4.69) is 14.9 Å². The lowest BCUT2D eigenvalue weighted by molar-refractivity contribution is 0.232. The van der Waals surface area contributed by atoms with Gasteiger partial charge in [0, 0.05) is 42.1 Å². The summed E-state index contributed by atoms with van der Waals surface area (Å²) < 4.78 is 7.48. The Bertz CT molecular complexity index is 1380. The van der Waals surface area contributed by atoms with Gasteiger partial charge in [-0.05, 0) is 80.0 Å². The molecule has 1 saturated heterocycles. The third kappa shape index (κ3) is 5.35. The molecule has 172 valence electrons. The molecule has 0 amide bonds. The van der Waals surface area contributed by atoms with Gasteiger partial charge in [0.25, 0.3) is 5.56 Å². The summed E-state index contributed by atoms with van der Waals surface area (Å²) >= 11 is 5.87. The number of hydrogen-bond donors (Lipinski definition) is 0. The van der Waals surface area contributed by atoms with E-state index >= 15 is 0 Å². The fourth-order valence-corrected chi connectivity index (χ4v) is 4.20. The van der Waals surface area contributed by atoms with Gasteiger partial charge in [0.1, 0.15) is 6.61 Å². The molecule has 1 aliphatic rings. The van der Waals surface area contributed by atoms with Crippen LogP contribution in [0.4, 0.5) is 0 Å². The maximum atomic E-state index is 12.8. The lowest BCUT2D eigenvalue weighted by atomic mass is 10.2. The summed E-state index contributed by atoms with van der Waals surface area (Å²) in [6.07, 6.45) is 9.64. The van der Waals surface area contributed by atoms with E-state index in [0.29, 0.717) is 17.5 Å². The highest BCUT2D eigenvalue weighted by molar-refractivity contribution is 6.30. The highest BCUT2D eigenvalue weighted by atomic mass is 35.5. The summed E-state index contributed by atoms with van der Waals surface area (Å²) in [6, 6.07) is 16.8. The quantitative estimate of drug-likeness (QED) is 0.375. The Labute approximate surface area is 203 Å². The van der Waals surface area contributed by atoms with Crippen molar-refractivity contribution in [3.8, 4) is 11.6 Å². The smallest absolute Gasteiger partial charge is 0.255 e. The van der Waals surface area contributed by atoms with E-state index < -0.39 is 0 Å². The van der Waals surface area contributed by atoms with Crippen LogP contribution in [0.3, 0.4) is 0 Å². The van der Waals surface area contributed by atoms with Crippen LogP contribution in [-0.4, -0.2) is 45.7 Å². The molecule has 3 aromatic heterocycles. The highest BCUT2D eigenvalue weighted by Crippen LogP contribution is 2.20. The fraction of sp³-hybridized carbons (Fsp3) is 0.222. The van der Waals surface area contributed by atoms with E-state index in [1.54, 1.807) is 29.1 Å². The molecule has 0 aliphatic carbocycles. The Morgan fingerprint density at radius 2 is 1.88 bits per heavy atom. The molecule has 4 aromatic rings. The molecule has 0 unspecified atom stereocenters. The third-order valence-electron chi connectivity index (χ3n) is 5.92. The van der Waals surface area contributed by atoms with Gasteiger partial charge in [-0.3, -0.25) is 19.2 Å². The second-order valence-electron chi connectivity index (χ2n) is 8.33. The molecule has 1 aliphatic heterocycles. The SMILES string of the molecule is O=c1cc(/C=C/c2ccc(Cl)cn2)ccn1-c1ccc2nc(OCCN3CCCC3)ccc2c1. The van der Waals surface area contributed by atoms with Gasteiger partial charge in [-0.25, -0.2) is 4.98 Å². The van der Waals surface area contributed by atoms with E-state index in [9.17, 15) is 4.79 Å². The van der Waals surface area contributed by atoms with Crippen molar-refractivity contribution in [3.63, 3.8) is 0 Å². The maximum absolute atomic E-state index is 12.8. The maximum Gasteiger partial charge on any atom is 0.255 e. The number of likely N-dealkylation sites (tertiary alicyclic amines) is 1. The van der Waals surface area contributed by atoms with Gasteiger partial charge in [-0.15, -0.1) is 0 Å². The van der Waals surface area contributed by atoms with Crippen LogP contribution in [-0.2, 0) is 0 Å². The lowest BCUT2D eigenvalue weighted by Gasteiger charge is -2.14. The molecule has 7 heteroatoms. The molecule has 1 aromatic carbocycles. The van der Waals surface area contributed by atoms with E-state index in [1.165, 1.54) is 12.8 Å². The van der Waals surface area contributed by atoms with E-state index in [0.717, 1.165) is 47.5 Å². The Morgan fingerprint density at radius 1 is 1.00 bits per heavy atom. The number of aromatic nitrogens is 3. The molecule has 6 nitrogen and oxygen atoms in total. The van der Waals surface area contributed by atoms with Crippen LogP contribution in [0.5, 0.6) is 5.88 Å². The average Bonchev–Trinajstić information content (AvgIpc) is 3.37. The Kier molecular flexibility index (Phi) is 6.70. The van der Waals surface area contributed by atoms with Crippen LogP contribution in [0, 0.1) is 0 Å². The number of ether oxygens (including phenoxy) is 1. The van der Waals surface area contributed by atoms with E-state index in [1.807, 2.05) is 54.6 Å². The number of benzene rings is 1. The number of halogens is 1. The summed E-state index contributed by atoms with van der Waals surface area (Å²) in [6.45, 7) is 3.89. The number of rotatable bonds is 7. The van der Waals surface area contributed by atoms with Gasteiger partial charge in [0.2, 0.25) is 5.88 Å². The largest absolute Gasteiger partial charge is 0.476 e. The van der Waals surface area contributed by atoms with Crippen molar-refractivity contribution in [2.45, 2.75) is 12.8 Å². The molecule has 0 saturated carbocycles. The zero-order valence-corrected chi connectivity index (χ0v) is 19.5. The molecule has 0 atom stereocenters. The lowest BCUT2D eigenvalue weighted by Crippen LogP contribution is -2.25. The van der Waals surface area contributed by atoms with Crippen LogP contribution in [0.15, 0.2) is 71.8 Å². The minimum Gasteiger partial charge on any atom is -0.476 e. The topological polar surface area (TPSA) is 60.3 Å². The molecule has 0 bridgehead atoms. The van der Waals surface area contributed by atoms with Crippen molar-refractivity contribution in [1.29, 1.82) is 0 Å². The van der Waals surface area contributed by atoms with Crippen molar-refractivity contribution in [1.82, 2.24) is 19.4 Å². The van der Waals surface area contributed by atoms with Crippen molar-refractivity contribution < 1.29 is 4.74 Å². The second kappa shape index (κ2) is 10.2. The fourth-order valence-electron chi connectivity index (χ4n) is 4.09. The van der Waals surface area contributed by atoms with Gasteiger partial charge in [0.15, 0.2) is 0 Å². The summed E-state index contributed by atoms with van der Waals surface area (Å²) in [5, 5.41) is 1.54. The highest BCUT2D eigenvalue weighted by Gasteiger charge is 2.11. The second-order valence-corrected chi connectivity index (χ2v) is 8.76. The van der Waals surface area contributed by atoms with Crippen molar-refractivity contribution in [2.24, 2.45) is 0 Å². The monoisotopic (exact) mass is 472 g/mol. The van der Waals surface area contributed by atoms with Gasteiger partial charge in [0.05, 0.1) is 16.2 Å². The van der Waals surface area contributed by atoms with Crippen LogP contribution in [0.2, 0.25) is 5.02 Å². The molecule has 0 spiro atoms. The van der Waals surface area contributed by atoms with Crippen molar-refractivity contribution >= 4 is 34.7 Å². The third-order valence-corrected chi connectivity index (χ3v) is 6.15. The first-order chi connectivity index (χ1) is 16.6. The number of pyridine rings is 3.